The Labute approximate surface area is 131 Å². The number of benzene rings is 2. The van der Waals surface area contributed by atoms with Crippen LogP contribution in [0.1, 0.15) is 37.3 Å². The molecule has 2 rings (SSSR count). The van der Waals surface area contributed by atoms with Crippen molar-refractivity contribution in [2.75, 3.05) is 5.32 Å². The highest BCUT2D eigenvalue weighted by atomic mass is 32.2. The molecule has 0 aliphatic rings. The maximum absolute atomic E-state index is 11.0. The molecule has 0 aliphatic carbocycles. The number of anilines is 1. The second-order valence-corrected chi connectivity index (χ2v) is 6.83. The maximum Gasteiger partial charge on any atom is 0.294 e. The minimum Gasteiger partial charge on any atom is -0.381 e. The van der Waals surface area contributed by atoms with Gasteiger partial charge in [0.2, 0.25) is 0 Å². The molecule has 0 fully saturated rings. The smallest absolute Gasteiger partial charge is 0.294 e. The Hall–Kier alpha value is -1.85. The molecule has 22 heavy (non-hydrogen) atoms. The highest BCUT2D eigenvalue weighted by Gasteiger charge is 2.08. The van der Waals surface area contributed by atoms with E-state index in [-0.39, 0.29) is 4.90 Å². The third-order valence-electron chi connectivity index (χ3n) is 3.81. The minimum absolute atomic E-state index is 0.101. The van der Waals surface area contributed by atoms with E-state index < -0.39 is 10.1 Å². The quantitative estimate of drug-likeness (QED) is 0.788. The summed E-state index contributed by atoms with van der Waals surface area (Å²) in [6.07, 6.45) is 1.12. The van der Waals surface area contributed by atoms with Gasteiger partial charge in [0, 0.05) is 12.2 Å². The molecule has 0 radical (unpaired) electrons. The van der Waals surface area contributed by atoms with E-state index in [9.17, 15) is 8.42 Å². The van der Waals surface area contributed by atoms with Gasteiger partial charge in [0.1, 0.15) is 0 Å². The van der Waals surface area contributed by atoms with Crippen LogP contribution >= 0.6 is 0 Å². The summed E-state index contributed by atoms with van der Waals surface area (Å²) in [6, 6.07) is 14.5. The Morgan fingerprint density at radius 1 is 1.05 bits per heavy atom. The van der Waals surface area contributed by atoms with Crippen molar-refractivity contribution in [2.24, 2.45) is 0 Å². The lowest BCUT2D eigenvalue weighted by molar-refractivity contribution is 0.483. The molecular formula is C17H21NO3S. The van der Waals surface area contributed by atoms with Crippen LogP contribution in [0.15, 0.2) is 53.4 Å². The Morgan fingerprint density at radius 2 is 1.64 bits per heavy atom. The highest BCUT2D eigenvalue weighted by Crippen LogP contribution is 2.19. The topological polar surface area (TPSA) is 66.4 Å². The van der Waals surface area contributed by atoms with Crippen molar-refractivity contribution in [1.82, 2.24) is 0 Å². The van der Waals surface area contributed by atoms with Crippen molar-refractivity contribution in [3.8, 4) is 0 Å². The largest absolute Gasteiger partial charge is 0.381 e. The van der Waals surface area contributed by atoms with E-state index in [0.29, 0.717) is 12.5 Å². The molecule has 0 bridgehead atoms. The fourth-order valence-corrected chi connectivity index (χ4v) is 2.63. The summed E-state index contributed by atoms with van der Waals surface area (Å²) >= 11 is 0. The minimum atomic E-state index is -4.13. The average Bonchev–Trinajstić information content (AvgIpc) is 2.52. The predicted molar refractivity (Wildman–Crippen MR) is 88.7 cm³/mol. The molecule has 118 valence electrons. The van der Waals surface area contributed by atoms with Gasteiger partial charge in [-0.1, -0.05) is 38.1 Å². The first kappa shape index (κ1) is 16.5. The highest BCUT2D eigenvalue weighted by molar-refractivity contribution is 7.85. The zero-order valence-electron chi connectivity index (χ0n) is 12.8. The van der Waals surface area contributed by atoms with Crippen molar-refractivity contribution in [1.29, 1.82) is 0 Å². The van der Waals surface area contributed by atoms with Gasteiger partial charge in [0.05, 0.1) is 4.90 Å². The van der Waals surface area contributed by atoms with E-state index in [0.717, 1.165) is 17.7 Å². The maximum atomic E-state index is 11.0. The van der Waals surface area contributed by atoms with Crippen LogP contribution in [0, 0.1) is 0 Å². The van der Waals surface area contributed by atoms with Gasteiger partial charge in [-0.15, -0.1) is 0 Å². The summed E-state index contributed by atoms with van der Waals surface area (Å²) < 4.78 is 30.9. The molecule has 0 aliphatic heterocycles. The van der Waals surface area contributed by atoms with Crippen molar-refractivity contribution in [2.45, 2.75) is 37.6 Å². The van der Waals surface area contributed by atoms with Crippen LogP contribution < -0.4 is 5.32 Å². The Bertz CT molecular complexity index is 707. The molecule has 2 aromatic rings. The molecule has 5 heteroatoms. The van der Waals surface area contributed by atoms with Gasteiger partial charge in [0.25, 0.3) is 10.1 Å². The monoisotopic (exact) mass is 319 g/mol. The summed E-state index contributed by atoms with van der Waals surface area (Å²) in [5.74, 6) is 0.565. The number of hydrogen-bond acceptors (Lipinski definition) is 3. The van der Waals surface area contributed by atoms with Crippen molar-refractivity contribution >= 4 is 15.8 Å². The van der Waals surface area contributed by atoms with E-state index in [2.05, 4.69) is 43.4 Å². The molecule has 0 amide bonds. The number of rotatable bonds is 6. The molecular weight excluding hydrogens is 298 g/mol. The van der Waals surface area contributed by atoms with E-state index in [1.54, 1.807) is 12.1 Å². The second kappa shape index (κ2) is 6.94. The summed E-state index contributed by atoms with van der Waals surface area (Å²) in [5.41, 5.74) is 3.30. The van der Waals surface area contributed by atoms with Crippen LogP contribution in [0.4, 0.5) is 5.69 Å². The molecule has 1 atom stereocenters. The van der Waals surface area contributed by atoms with E-state index in [4.69, 9.17) is 4.55 Å². The SMILES string of the molecule is CCC(C)c1ccc(CNc2ccc(S(=O)(=O)O)cc2)cc1. The Morgan fingerprint density at radius 3 is 2.14 bits per heavy atom. The zero-order chi connectivity index (χ0) is 16.2. The van der Waals surface area contributed by atoms with Crippen LogP contribution in [0.25, 0.3) is 0 Å². The lowest BCUT2D eigenvalue weighted by Gasteiger charge is -2.11. The van der Waals surface area contributed by atoms with Gasteiger partial charge in [-0.3, -0.25) is 4.55 Å². The summed E-state index contributed by atoms with van der Waals surface area (Å²) in [4.78, 5) is -0.101. The van der Waals surface area contributed by atoms with Gasteiger partial charge in [-0.25, -0.2) is 0 Å². The third kappa shape index (κ3) is 4.32. The van der Waals surface area contributed by atoms with Gasteiger partial charge in [0.15, 0.2) is 0 Å². The summed E-state index contributed by atoms with van der Waals surface area (Å²) in [6.45, 7) is 5.05. The van der Waals surface area contributed by atoms with Crippen LogP contribution in [0.5, 0.6) is 0 Å². The van der Waals surface area contributed by atoms with Gasteiger partial charge in [-0.05, 0) is 47.7 Å². The lowest BCUT2D eigenvalue weighted by Crippen LogP contribution is -2.01. The molecule has 2 aromatic carbocycles. The second-order valence-electron chi connectivity index (χ2n) is 5.40. The fraction of sp³-hybridized carbons (Fsp3) is 0.294. The van der Waals surface area contributed by atoms with Gasteiger partial charge >= 0.3 is 0 Å². The van der Waals surface area contributed by atoms with Crippen molar-refractivity contribution < 1.29 is 13.0 Å². The molecule has 2 N–H and O–H groups in total. The van der Waals surface area contributed by atoms with E-state index >= 15 is 0 Å². The number of nitrogens with one attached hydrogen (secondary N) is 1. The lowest BCUT2D eigenvalue weighted by atomic mass is 9.98. The normalized spacial score (nSPS) is 12.9. The Balaban J connectivity index is 1.98. The molecule has 0 spiro atoms. The van der Waals surface area contributed by atoms with Crippen molar-refractivity contribution in [3.63, 3.8) is 0 Å². The molecule has 4 nitrogen and oxygen atoms in total. The standard InChI is InChI=1S/C17H21NO3S/c1-3-13(2)15-6-4-14(5-7-15)12-18-16-8-10-17(11-9-16)22(19,20)21/h4-11,13,18H,3,12H2,1-2H3,(H,19,20,21). The first-order valence-corrected chi connectivity index (χ1v) is 8.74. The van der Waals surface area contributed by atoms with Crippen LogP contribution in [0.2, 0.25) is 0 Å². The van der Waals surface area contributed by atoms with Crippen LogP contribution in [-0.4, -0.2) is 13.0 Å². The first-order valence-electron chi connectivity index (χ1n) is 7.30. The molecule has 1 unspecified atom stereocenters. The van der Waals surface area contributed by atoms with Crippen LogP contribution in [0.3, 0.4) is 0 Å². The van der Waals surface area contributed by atoms with E-state index in [1.165, 1.54) is 17.7 Å². The number of hydrogen-bond donors (Lipinski definition) is 2. The van der Waals surface area contributed by atoms with Crippen LogP contribution in [-0.2, 0) is 16.7 Å². The fourth-order valence-electron chi connectivity index (χ4n) is 2.15. The Kier molecular flexibility index (Phi) is 5.21. The molecule has 0 saturated heterocycles. The molecule has 0 heterocycles. The van der Waals surface area contributed by atoms with Gasteiger partial charge in [-0.2, -0.15) is 8.42 Å². The van der Waals surface area contributed by atoms with E-state index in [1.807, 2.05) is 0 Å². The third-order valence-corrected chi connectivity index (χ3v) is 4.68. The molecule has 0 aromatic heterocycles. The average molecular weight is 319 g/mol. The summed E-state index contributed by atoms with van der Waals surface area (Å²) in [7, 11) is -4.13. The predicted octanol–water partition coefficient (Wildman–Crippen LogP) is 4.06. The molecule has 0 saturated carbocycles. The van der Waals surface area contributed by atoms with Crippen molar-refractivity contribution in [3.05, 3.63) is 59.7 Å². The first-order chi connectivity index (χ1) is 10.4. The summed E-state index contributed by atoms with van der Waals surface area (Å²) in [5, 5.41) is 3.23. The zero-order valence-corrected chi connectivity index (χ0v) is 13.6. The van der Waals surface area contributed by atoms with Gasteiger partial charge < -0.3 is 5.32 Å².